The number of nitrogens with one attached hydrogen (secondary N) is 1. The highest BCUT2D eigenvalue weighted by atomic mass is 19.4. The Hall–Kier alpha value is -2.37. The average Bonchev–Trinajstić information content (AvgIpc) is 2.37. The minimum absolute atomic E-state index is 0.0548. The van der Waals surface area contributed by atoms with Crippen molar-refractivity contribution in [2.75, 3.05) is 5.32 Å². The normalized spacial score (nSPS) is 11.3. The number of benzene rings is 2. The Bertz CT molecular complexity index is 594. The van der Waals surface area contributed by atoms with Crippen molar-refractivity contribution in [1.29, 1.82) is 0 Å². The molecule has 0 radical (unpaired) electrons. The van der Waals surface area contributed by atoms with Gasteiger partial charge in [0.2, 0.25) is 0 Å². The second kappa shape index (κ2) is 5.32. The van der Waals surface area contributed by atoms with Crippen LogP contribution in [0.2, 0.25) is 0 Å². The first-order valence-electron chi connectivity index (χ1n) is 5.78. The van der Waals surface area contributed by atoms with E-state index in [0.29, 0.717) is 11.3 Å². The Balaban J connectivity index is 2.04. The third-order valence-electron chi connectivity index (χ3n) is 2.76. The molecule has 0 amide bonds. The molecular weight excluding hydrogens is 271 g/mol. The maximum absolute atomic E-state index is 12.4. The average molecular weight is 283 g/mol. The zero-order valence-electron chi connectivity index (χ0n) is 10.3. The van der Waals surface area contributed by atoms with Crippen LogP contribution >= 0.6 is 0 Å². The molecule has 3 N–H and O–H groups in total. The van der Waals surface area contributed by atoms with Gasteiger partial charge in [-0.2, -0.15) is 13.2 Å². The summed E-state index contributed by atoms with van der Waals surface area (Å²) in [6.45, 7) is 0.234. The van der Waals surface area contributed by atoms with Crippen LogP contribution in [0.4, 0.5) is 18.9 Å². The van der Waals surface area contributed by atoms with Crippen molar-refractivity contribution < 1.29 is 23.4 Å². The Labute approximate surface area is 113 Å². The summed E-state index contributed by atoms with van der Waals surface area (Å²) in [5.74, 6) is -0.134. The van der Waals surface area contributed by atoms with Crippen LogP contribution in [0.3, 0.4) is 0 Å². The van der Waals surface area contributed by atoms with Crippen LogP contribution in [0.15, 0.2) is 42.5 Å². The lowest BCUT2D eigenvalue weighted by Gasteiger charge is -2.10. The number of aromatic hydroxyl groups is 2. The van der Waals surface area contributed by atoms with Crippen molar-refractivity contribution in [2.24, 2.45) is 0 Å². The first-order chi connectivity index (χ1) is 9.36. The maximum Gasteiger partial charge on any atom is 0.416 e. The standard InChI is InChI=1S/C14H12F3NO2/c15-14(16,17)10-2-4-11(5-3-10)18-8-9-1-6-12(19)7-13(9)20/h1-7,18-20H,8H2. The summed E-state index contributed by atoms with van der Waals surface area (Å²) in [5.41, 5.74) is 0.323. The fraction of sp³-hybridized carbons (Fsp3) is 0.143. The lowest BCUT2D eigenvalue weighted by atomic mass is 10.1. The molecule has 0 heterocycles. The van der Waals surface area contributed by atoms with Crippen molar-refractivity contribution in [3.8, 4) is 11.5 Å². The monoisotopic (exact) mass is 283 g/mol. The van der Waals surface area contributed by atoms with E-state index < -0.39 is 11.7 Å². The van der Waals surface area contributed by atoms with Crippen LogP contribution < -0.4 is 5.32 Å². The molecule has 0 aromatic heterocycles. The van der Waals surface area contributed by atoms with Gasteiger partial charge in [0, 0.05) is 23.9 Å². The van der Waals surface area contributed by atoms with Gasteiger partial charge in [-0.15, -0.1) is 0 Å². The Morgan fingerprint density at radius 2 is 1.60 bits per heavy atom. The summed E-state index contributed by atoms with van der Waals surface area (Å²) in [5, 5.41) is 21.6. The van der Waals surface area contributed by atoms with Crippen LogP contribution in [0.25, 0.3) is 0 Å². The molecule has 0 aliphatic rings. The molecule has 106 valence electrons. The molecule has 6 heteroatoms. The third kappa shape index (κ3) is 3.34. The topological polar surface area (TPSA) is 52.5 Å². The second-order valence-electron chi connectivity index (χ2n) is 4.24. The van der Waals surface area contributed by atoms with Crippen LogP contribution in [-0.4, -0.2) is 10.2 Å². The fourth-order valence-corrected chi connectivity index (χ4v) is 1.68. The van der Waals surface area contributed by atoms with Gasteiger partial charge >= 0.3 is 6.18 Å². The number of halogens is 3. The lowest BCUT2D eigenvalue weighted by Crippen LogP contribution is -2.05. The molecule has 2 rings (SSSR count). The number of alkyl halides is 3. The largest absolute Gasteiger partial charge is 0.508 e. The summed E-state index contributed by atoms with van der Waals surface area (Å²) in [6, 6.07) is 8.76. The number of rotatable bonds is 3. The van der Waals surface area contributed by atoms with Gasteiger partial charge in [0.25, 0.3) is 0 Å². The van der Waals surface area contributed by atoms with Crippen LogP contribution in [0, 0.1) is 0 Å². The maximum atomic E-state index is 12.4. The summed E-state index contributed by atoms with van der Waals surface area (Å²) in [6.07, 6.45) is -4.35. The van der Waals surface area contributed by atoms with Gasteiger partial charge in [-0.3, -0.25) is 0 Å². The first kappa shape index (κ1) is 14.0. The van der Waals surface area contributed by atoms with Gasteiger partial charge in [0.05, 0.1) is 5.56 Å². The highest BCUT2D eigenvalue weighted by Crippen LogP contribution is 2.30. The van der Waals surface area contributed by atoms with Crippen molar-refractivity contribution in [1.82, 2.24) is 0 Å². The van der Waals surface area contributed by atoms with Crippen LogP contribution in [0.5, 0.6) is 11.5 Å². The molecule has 0 saturated carbocycles. The van der Waals surface area contributed by atoms with Crippen molar-refractivity contribution >= 4 is 5.69 Å². The smallest absolute Gasteiger partial charge is 0.416 e. The third-order valence-corrected chi connectivity index (χ3v) is 2.76. The molecular formula is C14H12F3NO2. The van der Waals surface area contributed by atoms with E-state index in [1.54, 1.807) is 0 Å². The number of anilines is 1. The molecule has 20 heavy (non-hydrogen) atoms. The molecule has 2 aromatic carbocycles. The number of phenols is 2. The van der Waals surface area contributed by atoms with Gasteiger partial charge in [0.1, 0.15) is 11.5 Å². The predicted octanol–water partition coefficient (Wildman–Crippen LogP) is 3.73. The van der Waals surface area contributed by atoms with E-state index in [-0.39, 0.29) is 18.0 Å². The number of hydrogen-bond donors (Lipinski definition) is 3. The molecule has 0 aliphatic heterocycles. The van der Waals surface area contributed by atoms with Gasteiger partial charge in [-0.25, -0.2) is 0 Å². The molecule has 2 aromatic rings. The van der Waals surface area contributed by atoms with E-state index in [4.69, 9.17) is 5.11 Å². The number of hydrogen-bond acceptors (Lipinski definition) is 3. The Morgan fingerprint density at radius 1 is 0.950 bits per heavy atom. The highest BCUT2D eigenvalue weighted by molar-refractivity contribution is 5.47. The van der Waals surface area contributed by atoms with E-state index >= 15 is 0 Å². The SMILES string of the molecule is Oc1ccc(CNc2ccc(C(F)(F)F)cc2)c(O)c1. The van der Waals surface area contributed by atoms with Crippen LogP contribution in [0.1, 0.15) is 11.1 Å². The van der Waals surface area contributed by atoms with E-state index in [9.17, 15) is 18.3 Å². The second-order valence-corrected chi connectivity index (χ2v) is 4.24. The minimum Gasteiger partial charge on any atom is -0.508 e. The van der Waals surface area contributed by atoms with Crippen LogP contribution in [-0.2, 0) is 12.7 Å². The summed E-state index contributed by atoms with van der Waals surface area (Å²) in [4.78, 5) is 0. The van der Waals surface area contributed by atoms with Crippen molar-refractivity contribution in [3.63, 3.8) is 0 Å². The Kier molecular flexibility index (Phi) is 3.74. The van der Waals surface area contributed by atoms with Gasteiger partial charge in [-0.05, 0) is 36.4 Å². The molecule has 3 nitrogen and oxygen atoms in total. The van der Waals surface area contributed by atoms with Crippen molar-refractivity contribution in [2.45, 2.75) is 12.7 Å². The fourth-order valence-electron chi connectivity index (χ4n) is 1.68. The van der Waals surface area contributed by atoms with E-state index in [1.807, 2.05) is 0 Å². The highest BCUT2D eigenvalue weighted by Gasteiger charge is 2.29. The molecule has 0 fully saturated rings. The number of phenolic OH excluding ortho intramolecular Hbond substituents is 2. The van der Waals surface area contributed by atoms with Gasteiger partial charge < -0.3 is 15.5 Å². The summed E-state index contributed by atoms with van der Waals surface area (Å²) in [7, 11) is 0. The van der Waals surface area contributed by atoms with Crippen molar-refractivity contribution in [3.05, 3.63) is 53.6 Å². The first-order valence-corrected chi connectivity index (χ1v) is 5.78. The molecule has 0 saturated heterocycles. The van der Waals surface area contributed by atoms with E-state index in [0.717, 1.165) is 12.1 Å². The molecule has 0 atom stereocenters. The Morgan fingerprint density at radius 3 is 2.15 bits per heavy atom. The molecule has 0 aliphatic carbocycles. The van der Waals surface area contributed by atoms with E-state index in [1.165, 1.54) is 30.3 Å². The quantitative estimate of drug-likeness (QED) is 0.804. The minimum atomic E-state index is -4.35. The molecule has 0 unspecified atom stereocenters. The van der Waals surface area contributed by atoms with Gasteiger partial charge in [-0.1, -0.05) is 0 Å². The summed E-state index contributed by atoms with van der Waals surface area (Å²) >= 11 is 0. The lowest BCUT2D eigenvalue weighted by molar-refractivity contribution is -0.137. The van der Waals surface area contributed by atoms with E-state index in [2.05, 4.69) is 5.32 Å². The molecule has 0 spiro atoms. The zero-order valence-corrected chi connectivity index (χ0v) is 10.3. The predicted molar refractivity (Wildman–Crippen MR) is 68.5 cm³/mol. The zero-order chi connectivity index (χ0) is 14.8. The molecule has 0 bridgehead atoms. The van der Waals surface area contributed by atoms with Gasteiger partial charge in [0.15, 0.2) is 0 Å². The summed E-state index contributed by atoms with van der Waals surface area (Å²) < 4.78 is 37.2.